The fourth-order valence-electron chi connectivity index (χ4n) is 10.1. The van der Waals surface area contributed by atoms with Crippen LogP contribution in [0.5, 0.6) is 0 Å². The smallest absolute Gasteiger partial charge is 0.328 e. The van der Waals surface area contributed by atoms with E-state index >= 15 is 0 Å². The molecule has 4 aliphatic carbocycles. The van der Waals surface area contributed by atoms with Gasteiger partial charge in [-0.25, -0.2) is 4.79 Å². The molecule has 2 N–H and O–H groups in total. The van der Waals surface area contributed by atoms with Crippen LogP contribution < -0.4 is 10.6 Å². The number of hydrogen-bond donors (Lipinski definition) is 2. The number of amides is 3. The number of hydrogen-bond acceptors (Lipinski definition) is 9. The van der Waals surface area contributed by atoms with E-state index in [2.05, 4.69) is 37.5 Å². The maximum absolute atomic E-state index is 14.1. The van der Waals surface area contributed by atoms with Crippen molar-refractivity contribution in [3.8, 4) is 0 Å². The van der Waals surface area contributed by atoms with E-state index in [1.807, 2.05) is 20.8 Å². The summed E-state index contributed by atoms with van der Waals surface area (Å²) in [6, 6.07) is -0.754. The second-order valence-electron chi connectivity index (χ2n) is 18.7. The molecular formula is C42H65N3O9. The Kier molecular flexibility index (Phi) is 11.8. The van der Waals surface area contributed by atoms with Crippen LogP contribution in [0.1, 0.15) is 131 Å². The van der Waals surface area contributed by atoms with Crippen molar-refractivity contribution >= 4 is 29.5 Å². The Morgan fingerprint density at radius 3 is 2.17 bits per heavy atom. The van der Waals surface area contributed by atoms with Gasteiger partial charge >= 0.3 is 5.97 Å². The van der Waals surface area contributed by atoms with Gasteiger partial charge in [0.15, 0.2) is 0 Å². The second-order valence-corrected chi connectivity index (χ2v) is 18.7. The highest BCUT2D eigenvalue weighted by Gasteiger charge is 2.72. The number of likely N-dealkylation sites (tertiary alicyclic amines) is 1. The van der Waals surface area contributed by atoms with Crippen LogP contribution in [0, 0.1) is 22.2 Å². The van der Waals surface area contributed by atoms with Gasteiger partial charge in [0.1, 0.15) is 17.4 Å². The number of methoxy groups -OCH3 is 1. The van der Waals surface area contributed by atoms with Crippen molar-refractivity contribution in [3.05, 3.63) is 11.6 Å². The minimum atomic E-state index is -0.623. The van der Waals surface area contributed by atoms with Gasteiger partial charge < -0.3 is 34.5 Å². The van der Waals surface area contributed by atoms with Crippen LogP contribution in [0.3, 0.4) is 0 Å². The Balaban J connectivity index is 0.935. The van der Waals surface area contributed by atoms with Crippen molar-refractivity contribution in [2.45, 2.75) is 167 Å². The number of nitrogens with one attached hydrogen (secondary N) is 2. The summed E-state index contributed by atoms with van der Waals surface area (Å²) in [6.45, 7) is 13.6. The quantitative estimate of drug-likeness (QED) is 0.102. The highest BCUT2D eigenvalue weighted by atomic mass is 16.6. The zero-order valence-electron chi connectivity index (χ0n) is 33.8. The van der Waals surface area contributed by atoms with E-state index in [0.29, 0.717) is 71.1 Å². The number of Topliss-reactive ketones (excluding diaryl/α,β-unsaturated/α-hetero) is 1. The number of epoxide rings is 2. The molecule has 3 amide bonds. The molecule has 2 unspecified atom stereocenters. The minimum Gasteiger partial charge on any atom is -0.464 e. The van der Waals surface area contributed by atoms with E-state index in [1.165, 1.54) is 5.57 Å². The standard InChI is InChI=1S/C42H65N3O9/c1-27(2)11-13-31-39(6,54-31)34-33(51-7)28(15-16-42(34)26-53-42)44-37(50)41-20-17-40(18-21-41,19-22-41)36(49)43-23-9-25-52-35(48)29-10-8-24-45(29)32(47)14-12-30(46)38(3,4)5/h11,28-29,31,33-34H,8-10,12-26H2,1-7H3,(H,43,49)(H,44,50)/t28-,29?,31-,33-,34-,39?,40?,41?,42+/m1/s1. The summed E-state index contributed by atoms with van der Waals surface area (Å²) in [5, 5.41) is 6.53. The lowest BCUT2D eigenvalue weighted by atomic mass is 9.53. The third-order valence-electron chi connectivity index (χ3n) is 13.9. The van der Waals surface area contributed by atoms with Crippen LogP contribution in [0.2, 0.25) is 0 Å². The average molecular weight is 756 g/mol. The molecule has 12 nitrogen and oxygen atoms in total. The number of fused-ring (bicyclic) bond motifs is 3. The predicted octanol–water partition coefficient (Wildman–Crippen LogP) is 4.96. The number of esters is 1. The number of carbonyl (C=O) groups is 5. The van der Waals surface area contributed by atoms with Crippen molar-refractivity contribution in [1.29, 1.82) is 0 Å². The van der Waals surface area contributed by atoms with Gasteiger partial charge in [0.25, 0.3) is 0 Å². The van der Waals surface area contributed by atoms with E-state index in [0.717, 1.165) is 25.7 Å². The largest absolute Gasteiger partial charge is 0.464 e. The first-order valence-electron chi connectivity index (χ1n) is 20.6. The van der Waals surface area contributed by atoms with Crippen molar-refractivity contribution in [2.24, 2.45) is 22.2 Å². The molecule has 1 spiro atoms. The first-order chi connectivity index (χ1) is 25.5. The maximum atomic E-state index is 14.1. The zero-order valence-corrected chi connectivity index (χ0v) is 33.8. The first-order valence-corrected chi connectivity index (χ1v) is 20.6. The lowest BCUT2D eigenvalue weighted by Gasteiger charge is -2.52. The van der Waals surface area contributed by atoms with Crippen molar-refractivity contribution in [1.82, 2.24) is 15.5 Å². The van der Waals surface area contributed by atoms with Crippen molar-refractivity contribution < 1.29 is 42.9 Å². The van der Waals surface area contributed by atoms with E-state index in [-0.39, 0.29) is 78.3 Å². The SMILES string of the molecule is CO[C@H]1[C@H](C2(C)O[C@@H]2CC=C(C)C)[C@]2(CC[C@H]1NC(=O)C13CCC(C(=O)NCCCOC(=O)C4CCCN4C(=O)CCC(=O)C(C)(C)C)(CC1)CC3)CO2. The number of nitrogens with zero attached hydrogens (tertiary/aromatic N) is 1. The highest BCUT2D eigenvalue weighted by Crippen LogP contribution is 2.60. The van der Waals surface area contributed by atoms with Gasteiger partial charge in [-0.2, -0.15) is 0 Å². The monoisotopic (exact) mass is 755 g/mol. The Bertz CT molecular complexity index is 1470. The fraction of sp³-hybridized carbons (Fsp3) is 0.833. The van der Waals surface area contributed by atoms with Gasteiger partial charge in [-0.15, -0.1) is 0 Å². The van der Waals surface area contributed by atoms with Gasteiger partial charge in [-0.3, -0.25) is 19.2 Å². The Hall–Kier alpha value is -2.83. The van der Waals surface area contributed by atoms with Crippen LogP contribution in [0.4, 0.5) is 0 Å². The summed E-state index contributed by atoms with van der Waals surface area (Å²) < 4.78 is 24.2. The summed E-state index contributed by atoms with van der Waals surface area (Å²) in [7, 11) is 1.73. The van der Waals surface area contributed by atoms with Gasteiger partial charge in [0.05, 0.1) is 37.1 Å². The maximum Gasteiger partial charge on any atom is 0.328 e. The second kappa shape index (κ2) is 15.6. The van der Waals surface area contributed by atoms with Crippen LogP contribution in [0.15, 0.2) is 11.6 Å². The Morgan fingerprint density at radius 1 is 0.926 bits per heavy atom. The number of ketones is 1. The lowest BCUT2D eigenvalue weighted by Crippen LogP contribution is -2.62. The van der Waals surface area contributed by atoms with Crippen LogP contribution >= 0.6 is 0 Å². The molecule has 0 radical (unpaired) electrons. The summed E-state index contributed by atoms with van der Waals surface area (Å²) in [4.78, 5) is 67.2. The summed E-state index contributed by atoms with van der Waals surface area (Å²) in [5.41, 5.74) is -0.783. The topological polar surface area (TPSA) is 156 Å². The molecule has 7 aliphatic rings. The molecule has 3 heterocycles. The van der Waals surface area contributed by atoms with Crippen LogP contribution in [-0.4, -0.2) is 103 Å². The van der Waals surface area contributed by atoms with Gasteiger partial charge in [0.2, 0.25) is 17.7 Å². The van der Waals surface area contributed by atoms with Crippen LogP contribution in [-0.2, 0) is 42.9 Å². The van der Waals surface area contributed by atoms with Gasteiger partial charge in [-0.1, -0.05) is 32.4 Å². The summed E-state index contributed by atoms with van der Waals surface area (Å²) in [5.74, 6) is -0.462. The molecule has 4 saturated carbocycles. The number of rotatable bonds is 15. The number of allylic oxidation sites excluding steroid dienone is 1. The molecule has 3 aliphatic heterocycles. The predicted molar refractivity (Wildman–Crippen MR) is 201 cm³/mol. The normalized spacial score (nSPS) is 36.7. The van der Waals surface area contributed by atoms with E-state index in [4.69, 9.17) is 18.9 Å². The molecule has 7 atom stereocenters. The molecule has 54 heavy (non-hydrogen) atoms. The molecule has 12 heteroatoms. The van der Waals surface area contributed by atoms with E-state index in [9.17, 15) is 24.0 Å². The third kappa shape index (κ3) is 8.17. The number of carbonyl (C=O) groups excluding carboxylic acids is 5. The van der Waals surface area contributed by atoms with E-state index < -0.39 is 28.3 Å². The van der Waals surface area contributed by atoms with Crippen molar-refractivity contribution in [3.63, 3.8) is 0 Å². The molecule has 7 rings (SSSR count). The molecule has 0 aromatic rings. The molecule has 0 aromatic carbocycles. The average Bonchev–Trinajstić information content (AvgIpc) is 4.00. The number of ether oxygens (including phenoxy) is 4. The highest BCUT2D eigenvalue weighted by molar-refractivity contribution is 5.90. The van der Waals surface area contributed by atoms with E-state index in [1.54, 1.807) is 12.0 Å². The molecule has 2 bridgehead atoms. The third-order valence-corrected chi connectivity index (χ3v) is 13.9. The summed E-state index contributed by atoms with van der Waals surface area (Å²) >= 11 is 0. The zero-order chi connectivity index (χ0) is 39.1. The van der Waals surface area contributed by atoms with Gasteiger partial charge in [-0.05, 0) is 97.8 Å². The summed E-state index contributed by atoms with van der Waals surface area (Å²) in [6.07, 6.45) is 10.7. The van der Waals surface area contributed by atoms with Crippen LogP contribution in [0.25, 0.3) is 0 Å². The lowest BCUT2D eigenvalue weighted by molar-refractivity contribution is -0.154. The Morgan fingerprint density at radius 2 is 1.57 bits per heavy atom. The molecule has 0 aromatic heterocycles. The molecule has 302 valence electrons. The van der Waals surface area contributed by atoms with Gasteiger partial charge in [0, 0.05) is 55.2 Å². The van der Waals surface area contributed by atoms with Crippen molar-refractivity contribution in [2.75, 3.05) is 33.4 Å². The molecule has 3 saturated heterocycles. The molecule has 7 fully saturated rings. The fourth-order valence-corrected chi connectivity index (χ4v) is 10.1. The minimum absolute atomic E-state index is 0.0181. The molecular weight excluding hydrogens is 690 g/mol. The first kappa shape index (κ1) is 40.8. The Labute approximate surface area is 321 Å².